The van der Waals surface area contributed by atoms with Crippen molar-refractivity contribution in [2.24, 2.45) is 0 Å². The Kier molecular flexibility index (Phi) is 4.44. The summed E-state index contributed by atoms with van der Waals surface area (Å²) in [4.78, 5) is 19.5. The van der Waals surface area contributed by atoms with E-state index >= 15 is 0 Å². The van der Waals surface area contributed by atoms with Crippen LogP contribution in [-0.2, 0) is 6.42 Å². The van der Waals surface area contributed by atoms with Crippen molar-refractivity contribution in [2.75, 3.05) is 0 Å². The minimum absolute atomic E-state index is 0.105. The molecule has 0 fully saturated rings. The third kappa shape index (κ3) is 3.39. The zero-order chi connectivity index (χ0) is 14.7. The van der Waals surface area contributed by atoms with Crippen LogP contribution < -0.4 is 0 Å². The van der Waals surface area contributed by atoms with E-state index in [9.17, 15) is 9.18 Å². The molecule has 2 rings (SSSR count). The summed E-state index contributed by atoms with van der Waals surface area (Å²) in [5.41, 5.74) is 0.812. The standard InChI is InChI=1S/C14H12BrFN2O2/c1-2-3-13-17-11(7-12(15)18-13)8-4-9(14(19)20)6-10(16)5-8/h4-7H,2-3H2,1H3,(H,19,20). The van der Waals surface area contributed by atoms with E-state index in [1.54, 1.807) is 6.07 Å². The third-order valence-electron chi connectivity index (χ3n) is 2.66. The highest BCUT2D eigenvalue weighted by molar-refractivity contribution is 9.10. The maximum atomic E-state index is 13.5. The molecule has 0 amide bonds. The van der Waals surface area contributed by atoms with Crippen molar-refractivity contribution < 1.29 is 14.3 Å². The van der Waals surface area contributed by atoms with Crippen molar-refractivity contribution in [3.05, 3.63) is 46.1 Å². The summed E-state index contributed by atoms with van der Waals surface area (Å²) in [6.07, 6.45) is 1.59. The molecule has 0 unspecified atom stereocenters. The van der Waals surface area contributed by atoms with Crippen LogP contribution in [0.5, 0.6) is 0 Å². The van der Waals surface area contributed by atoms with Gasteiger partial charge in [-0.05, 0) is 46.6 Å². The number of carboxylic acids is 1. The monoisotopic (exact) mass is 338 g/mol. The summed E-state index contributed by atoms with van der Waals surface area (Å²) in [5, 5.41) is 8.97. The minimum atomic E-state index is -1.17. The average Bonchev–Trinajstić information content (AvgIpc) is 2.37. The van der Waals surface area contributed by atoms with Crippen LogP contribution in [0, 0.1) is 5.82 Å². The van der Waals surface area contributed by atoms with Gasteiger partial charge in [-0.15, -0.1) is 0 Å². The Balaban J connectivity index is 2.53. The fraction of sp³-hybridized carbons (Fsp3) is 0.214. The van der Waals surface area contributed by atoms with Crippen molar-refractivity contribution in [2.45, 2.75) is 19.8 Å². The number of rotatable bonds is 4. The molecule has 0 aliphatic carbocycles. The molecule has 1 aromatic heterocycles. The second kappa shape index (κ2) is 6.09. The number of aromatic nitrogens is 2. The first-order valence-corrected chi connectivity index (χ1v) is 6.86. The van der Waals surface area contributed by atoms with Gasteiger partial charge in [0.2, 0.25) is 0 Å². The molecular formula is C14H12BrFN2O2. The summed E-state index contributed by atoms with van der Waals surface area (Å²) in [6.45, 7) is 2.01. The number of benzene rings is 1. The fourth-order valence-corrected chi connectivity index (χ4v) is 2.23. The molecule has 104 valence electrons. The quantitative estimate of drug-likeness (QED) is 0.863. The zero-order valence-corrected chi connectivity index (χ0v) is 12.3. The van der Waals surface area contributed by atoms with Gasteiger partial charge >= 0.3 is 5.97 Å². The van der Waals surface area contributed by atoms with Crippen LogP contribution in [-0.4, -0.2) is 21.0 Å². The second-order valence-corrected chi connectivity index (χ2v) is 5.09. The average molecular weight is 339 g/mol. The number of aryl methyl sites for hydroxylation is 1. The van der Waals surface area contributed by atoms with Gasteiger partial charge in [0.15, 0.2) is 0 Å². The molecule has 0 spiro atoms. The molecule has 0 bridgehead atoms. The van der Waals surface area contributed by atoms with Crippen molar-refractivity contribution >= 4 is 21.9 Å². The van der Waals surface area contributed by atoms with Gasteiger partial charge in [0.1, 0.15) is 16.2 Å². The Morgan fingerprint density at radius 3 is 2.70 bits per heavy atom. The first-order chi connectivity index (χ1) is 9.49. The largest absolute Gasteiger partial charge is 0.478 e. The van der Waals surface area contributed by atoms with Crippen molar-refractivity contribution in [3.8, 4) is 11.3 Å². The maximum absolute atomic E-state index is 13.5. The van der Waals surface area contributed by atoms with Gasteiger partial charge in [0.05, 0.1) is 11.3 Å². The molecule has 1 heterocycles. The number of aromatic carboxylic acids is 1. The number of nitrogens with zero attached hydrogens (tertiary/aromatic N) is 2. The van der Waals surface area contributed by atoms with E-state index in [4.69, 9.17) is 5.11 Å². The Hall–Kier alpha value is -1.82. The maximum Gasteiger partial charge on any atom is 0.335 e. The van der Waals surface area contributed by atoms with Gasteiger partial charge < -0.3 is 5.11 Å². The van der Waals surface area contributed by atoms with Crippen LogP contribution in [0.3, 0.4) is 0 Å². The van der Waals surface area contributed by atoms with E-state index in [-0.39, 0.29) is 5.56 Å². The SMILES string of the molecule is CCCc1nc(Br)cc(-c2cc(F)cc(C(=O)O)c2)n1. The van der Waals surface area contributed by atoms with Crippen molar-refractivity contribution in [1.29, 1.82) is 0 Å². The number of carbonyl (C=O) groups is 1. The predicted octanol–water partition coefficient (Wildman–Crippen LogP) is 3.70. The highest BCUT2D eigenvalue weighted by Crippen LogP contribution is 2.23. The third-order valence-corrected chi connectivity index (χ3v) is 3.06. The zero-order valence-electron chi connectivity index (χ0n) is 10.7. The molecule has 1 aromatic carbocycles. The van der Waals surface area contributed by atoms with Gasteiger partial charge in [-0.25, -0.2) is 19.2 Å². The molecular weight excluding hydrogens is 327 g/mol. The molecule has 2 aromatic rings. The Bertz CT molecular complexity index is 662. The summed E-state index contributed by atoms with van der Waals surface area (Å²) < 4.78 is 14.1. The molecule has 0 saturated carbocycles. The van der Waals surface area contributed by atoms with Crippen LogP contribution >= 0.6 is 15.9 Å². The highest BCUT2D eigenvalue weighted by Gasteiger charge is 2.11. The van der Waals surface area contributed by atoms with Gasteiger partial charge in [-0.1, -0.05) is 6.92 Å². The lowest BCUT2D eigenvalue weighted by molar-refractivity contribution is 0.0696. The molecule has 4 nitrogen and oxygen atoms in total. The van der Waals surface area contributed by atoms with Crippen molar-refractivity contribution in [1.82, 2.24) is 9.97 Å². The van der Waals surface area contributed by atoms with Crippen LogP contribution in [0.1, 0.15) is 29.5 Å². The molecule has 0 aliphatic heterocycles. The number of carboxylic acid groups (broad SMARTS) is 1. The van der Waals surface area contributed by atoms with Crippen LogP contribution in [0.4, 0.5) is 4.39 Å². The molecule has 1 N–H and O–H groups in total. The van der Waals surface area contributed by atoms with E-state index in [2.05, 4.69) is 25.9 Å². The van der Waals surface area contributed by atoms with Gasteiger partial charge in [0.25, 0.3) is 0 Å². The lowest BCUT2D eigenvalue weighted by atomic mass is 10.1. The van der Waals surface area contributed by atoms with Crippen molar-refractivity contribution in [3.63, 3.8) is 0 Å². The Morgan fingerprint density at radius 1 is 1.30 bits per heavy atom. The molecule has 0 atom stereocenters. The fourth-order valence-electron chi connectivity index (χ4n) is 1.81. The second-order valence-electron chi connectivity index (χ2n) is 4.28. The lowest BCUT2D eigenvalue weighted by Gasteiger charge is -2.06. The smallest absolute Gasteiger partial charge is 0.335 e. The number of hydrogen-bond acceptors (Lipinski definition) is 3. The molecule has 20 heavy (non-hydrogen) atoms. The van der Waals surface area contributed by atoms with E-state index < -0.39 is 11.8 Å². The van der Waals surface area contributed by atoms with Crippen LogP contribution in [0.2, 0.25) is 0 Å². The first-order valence-electron chi connectivity index (χ1n) is 6.07. The first kappa shape index (κ1) is 14.6. The van der Waals surface area contributed by atoms with E-state index in [1.807, 2.05) is 6.92 Å². The Morgan fingerprint density at radius 2 is 2.05 bits per heavy atom. The number of halogens is 2. The molecule has 0 saturated heterocycles. The molecule has 6 heteroatoms. The summed E-state index contributed by atoms with van der Waals surface area (Å²) in [6, 6.07) is 5.28. The van der Waals surface area contributed by atoms with E-state index in [1.165, 1.54) is 12.1 Å². The van der Waals surface area contributed by atoms with E-state index in [0.29, 0.717) is 28.1 Å². The van der Waals surface area contributed by atoms with Crippen LogP contribution in [0.25, 0.3) is 11.3 Å². The highest BCUT2D eigenvalue weighted by atomic mass is 79.9. The minimum Gasteiger partial charge on any atom is -0.478 e. The topological polar surface area (TPSA) is 63.1 Å². The normalized spacial score (nSPS) is 10.6. The summed E-state index contributed by atoms with van der Waals surface area (Å²) in [5.74, 6) is -1.14. The number of hydrogen-bond donors (Lipinski definition) is 1. The molecule has 0 aliphatic rings. The Labute approximate surface area is 123 Å². The lowest BCUT2D eigenvalue weighted by Crippen LogP contribution is -2.00. The van der Waals surface area contributed by atoms with Crippen LogP contribution in [0.15, 0.2) is 28.9 Å². The van der Waals surface area contributed by atoms with Gasteiger partial charge in [0, 0.05) is 12.0 Å². The summed E-state index contributed by atoms with van der Waals surface area (Å²) >= 11 is 3.29. The predicted molar refractivity (Wildman–Crippen MR) is 76.1 cm³/mol. The van der Waals surface area contributed by atoms with E-state index in [0.717, 1.165) is 12.5 Å². The summed E-state index contributed by atoms with van der Waals surface area (Å²) in [7, 11) is 0. The molecule has 0 radical (unpaired) electrons. The van der Waals surface area contributed by atoms with Gasteiger partial charge in [-0.3, -0.25) is 0 Å². The van der Waals surface area contributed by atoms with Gasteiger partial charge in [-0.2, -0.15) is 0 Å².